The van der Waals surface area contributed by atoms with Gasteiger partial charge in [-0.05, 0) is 71.7 Å². The van der Waals surface area contributed by atoms with Gasteiger partial charge in [0.2, 0.25) is 0 Å². The fourth-order valence-electron chi connectivity index (χ4n) is 6.21. The number of nitrogens with zero attached hydrogens (tertiary/aromatic N) is 4. The third-order valence-corrected chi connectivity index (χ3v) is 10.1. The Morgan fingerprint density at radius 1 is 0.630 bits per heavy atom. The van der Waals surface area contributed by atoms with Crippen LogP contribution in [-0.4, -0.2) is 90.9 Å². The molecule has 4 rings (SSSR count). The van der Waals surface area contributed by atoms with Crippen LogP contribution in [0.1, 0.15) is 65.5 Å². The Kier molecular flexibility index (Phi) is 23.9. The molecule has 0 radical (unpaired) electrons. The van der Waals surface area contributed by atoms with Gasteiger partial charge in [-0.2, -0.15) is 10.2 Å². The predicted molar refractivity (Wildman–Crippen MR) is 258 cm³/mol. The molecule has 23 nitrogen and oxygen atoms in total. The summed E-state index contributed by atoms with van der Waals surface area (Å²) in [6.07, 6.45) is -6.05. The highest BCUT2D eigenvalue weighted by Crippen LogP contribution is 2.30. The molecule has 0 aliphatic heterocycles. The first-order chi connectivity index (χ1) is 34.9. The fraction of sp³-hybridized carbons (Fsp3) is 0.408. The maximum atomic E-state index is 14.4. The topological polar surface area (TPSA) is 275 Å². The molecule has 73 heavy (non-hydrogen) atoms. The van der Waals surface area contributed by atoms with Crippen molar-refractivity contribution in [3.05, 3.63) is 130 Å². The molecule has 0 aromatic heterocycles. The number of hydrogen-bond donors (Lipinski definition) is 1. The minimum Gasteiger partial charge on any atom is -0.574 e. The molecule has 1 N–H and O–H groups in total. The van der Waals surface area contributed by atoms with E-state index >= 15 is 0 Å². The third kappa shape index (κ3) is 22.5. The first-order valence-electron chi connectivity index (χ1n) is 23.0. The highest BCUT2D eigenvalue weighted by molar-refractivity contribution is 7.33. The molecule has 394 valence electrons. The summed E-state index contributed by atoms with van der Waals surface area (Å²) in [6, 6.07) is 28.3. The Morgan fingerprint density at radius 3 is 1.64 bits per heavy atom. The number of nitro groups is 1. The lowest BCUT2D eigenvalue weighted by Crippen LogP contribution is -2.48. The quantitative estimate of drug-likeness (QED) is 0.0161. The van der Waals surface area contributed by atoms with Crippen molar-refractivity contribution in [1.29, 1.82) is 0 Å². The van der Waals surface area contributed by atoms with E-state index in [1.807, 2.05) is 41.5 Å². The van der Waals surface area contributed by atoms with Crippen molar-refractivity contribution < 1.29 is 81.1 Å². The summed E-state index contributed by atoms with van der Waals surface area (Å²) in [5.41, 5.74) is 1.87. The summed E-state index contributed by atoms with van der Waals surface area (Å²) >= 11 is 0. The van der Waals surface area contributed by atoms with Gasteiger partial charge in [-0.1, -0.05) is 102 Å². The van der Waals surface area contributed by atoms with Crippen LogP contribution >= 0.6 is 8.17 Å². The minimum absolute atomic E-state index is 0.0253. The Morgan fingerprint density at radius 2 is 1.12 bits per heavy atom. The maximum absolute atomic E-state index is 14.4. The van der Waals surface area contributed by atoms with E-state index in [0.29, 0.717) is 32.8 Å². The van der Waals surface area contributed by atoms with Gasteiger partial charge >= 0.3 is 38.8 Å². The molecule has 24 heteroatoms. The summed E-state index contributed by atoms with van der Waals surface area (Å²) in [4.78, 5) is 104. The lowest BCUT2D eigenvalue weighted by molar-refractivity contribution is -0.384. The fourth-order valence-corrected chi connectivity index (χ4v) is 6.77. The van der Waals surface area contributed by atoms with Crippen molar-refractivity contribution in [3.63, 3.8) is 0 Å². The summed E-state index contributed by atoms with van der Waals surface area (Å²) in [7, 11) is -2.72. The molecule has 2 atom stereocenters. The molecule has 0 heterocycles. The van der Waals surface area contributed by atoms with Gasteiger partial charge in [0.15, 0.2) is 5.75 Å². The average Bonchev–Trinajstić information content (AvgIpc) is 3.35. The van der Waals surface area contributed by atoms with Crippen molar-refractivity contribution in [2.24, 2.45) is 22.6 Å². The van der Waals surface area contributed by atoms with E-state index in [1.54, 1.807) is 60.7 Å². The van der Waals surface area contributed by atoms with Crippen LogP contribution in [0.15, 0.2) is 114 Å². The average molecular weight is 1040 g/mol. The van der Waals surface area contributed by atoms with Crippen molar-refractivity contribution in [2.75, 3.05) is 39.6 Å². The Balaban J connectivity index is 1.51. The molecule has 0 saturated carbocycles. The van der Waals surface area contributed by atoms with E-state index in [4.69, 9.17) is 47.4 Å². The zero-order chi connectivity index (χ0) is 53.2. The normalized spacial score (nSPS) is 11.9. The second-order valence-corrected chi connectivity index (χ2v) is 18.1. The molecule has 0 fully saturated rings. The Labute approximate surface area is 423 Å². The predicted octanol–water partition coefficient (Wildman–Crippen LogP) is 10.2. The highest BCUT2D eigenvalue weighted by Gasteiger charge is 2.40. The SMILES string of the molecule is CC(C)COC(=O)OCCOC(=O)N(Cc1ccccc1)OC(=O)ON(Cc1ccccc1)C(=O)OC(CCN/N=[P+](\[O-])Oc1ccc(Oc2ccc([N+](=O)[O-])cc2)cc1)(COC(=O)OCC(C)C)CC(C)C. The van der Waals surface area contributed by atoms with Crippen molar-refractivity contribution in [1.82, 2.24) is 15.6 Å². The van der Waals surface area contributed by atoms with Gasteiger partial charge in [0.05, 0.1) is 31.2 Å². The molecule has 0 aliphatic carbocycles. The third-order valence-electron chi connectivity index (χ3n) is 9.38. The van der Waals surface area contributed by atoms with Gasteiger partial charge in [-0.3, -0.25) is 24.3 Å². The zero-order valence-corrected chi connectivity index (χ0v) is 42.2. The van der Waals surface area contributed by atoms with Crippen LogP contribution < -0.4 is 19.6 Å². The van der Waals surface area contributed by atoms with Crippen molar-refractivity contribution in [2.45, 2.75) is 73.1 Å². The number of hydrogen-bond acceptors (Lipinski definition) is 19. The van der Waals surface area contributed by atoms with E-state index in [2.05, 4.69) is 10.3 Å². The smallest absolute Gasteiger partial charge is 0.559 e. The number of rotatable bonds is 25. The van der Waals surface area contributed by atoms with Crippen molar-refractivity contribution >= 4 is 44.5 Å². The second-order valence-electron chi connectivity index (χ2n) is 17.2. The van der Waals surface area contributed by atoms with E-state index in [1.165, 1.54) is 48.5 Å². The molecule has 0 aliphatic rings. The largest absolute Gasteiger partial charge is 0.574 e. The van der Waals surface area contributed by atoms with Crippen molar-refractivity contribution in [3.8, 4) is 17.2 Å². The number of hydroxylamine groups is 4. The standard InChI is InChI=1S/C49H60N5O18P/c1-35(2)29-49(34-67-47(58)66-33-37(5)6,25-26-50-51-73(62)72-43-23-21-42(22-24-43)68-41-19-17-40(18-20-41)54(60)61)69-45(56)53(31-39-15-11-8-12-16-39)71-48(59)70-52(30-38-13-9-7-10-14-38)44(55)63-27-28-64-46(57)65-32-36(3)4/h7-24,35-37,50H,25-34H2,1-6H3. The van der Waals surface area contributed by atoms with E-state index in [9.17, 15) is 39.0 Å². The number of nitro benzene ring substituents is 1. The van der Waals surface area contributed by atoms with Crippen LogP contribution in [0, 0.1) is 27.9 Å². The van der Waals surface area contributed by atoms with E-state index in [-0.39, 0.29) is 74.9 Å². The molecule has 4 aromatic carbocycles. The number of non-ortho nitro benzene ring substituents is 1. The zero-order valence-electron chi connectivity index (χ0n) is 41.3. The number of benzene rings is 4. The number of nitrogens with one attached hydrogen (secondary N) is 1. The number of ether oxygens (including phenoxy) is 7. The van der Waals surface area contributed by atoms with Crippen LogP contribution in [0.5, 0.6) is 17.2 Å². The molecular formula is C49H60N5O18P. The Bertz CT molecular complexity index is 2400. The molecular weight excluding hydrogens is 978 g/mol. The molecule has 0 bridgehead atoms. The van der Waals surface area contributed by atoms with Crippen LogP contribution in [0.2, 0.25) is 0 Å². The van der Waals surface area contributed by atoms with Crippen LogP contribution in [0.3, 0.4) is 0 Å². The Hall–Kier alpha value is -7.75. The van der Waals surface area contributed by atoms with Crippen LogP contribution in [0.25, 0.3) is 0 Å². The van der Waals surface area contributed by atoms with E-state index in [0.717, 1.165) is 0 Å². The minimum atomic E-state index is -2.72. The highest BCUT2D eigenvalue weighted by atomic mass is 31.1. The number of carbonyl (C=O) groups is 5. The molecule has 2 unspecified atom stereocenters. The second kappa shape index (κ2) is 30.2. The van der Waals surface area contributed by atoms with Crippen LogP contribution in [0.4, 0.5) is 29.7 Å². The summed E-state index contributed by atoms with van der Waals surface area (Å²) in [5.74, 6) is 0.713. The monoisotopic (exact) mass is 1040 g/mol. The lowest BCUT2D eigenvalue weighted by atomic mass is 9.89. The van der Waals surface area contributed by atoms with Gasteiger partial charge in [-0.15, -0.1) is 10.1 Å². The van der Waals surface area contributed by atoms with Gasteiger partial charge in [0.25, 0.3) is 5.69 Å². The van der Waals surface area contributed by atoms with Gasteiger partial charge in [0, 0.05) is 30.0 Å². The summed E-state index contributed by atoms with van der Waals surface area (Å²) < 4.78 is 43.1. The summed E-state index contributed by atoms with van der Waals surface area (Å²) in [6.45, 7) is 8.92. The van der Waals surface area contributed by atoms with Gasteiger partial charge in [0.1, 0.15) is 36.9 Å². The lowest BCUT2D eigenvalue weighted by Gasteiger charge is -2.35. The summed E-state index contributed by atoms with van der Waals surface area (Å²) in [5, 5.41) is 12.1. The molecule has 0 saturated heterocycles. The van der Waals surface area contributed by atoms with Gasteiger partial charge in [-0.25, -0.2) is 19.2 Å². The molecule has 0 spiro atoms. The molecule has 2 amide bonds. The van der Waals surface area contributed by atoms with E-state index < -0.39 is 69.1 Å². The maximum Gasteiger partial charge on any atom is 0.559 e. The molecule has 4 aromatic rings. The van der Waals surface area contributed by atoms with Gasteiger partial charge < -0.3 is 38.1 Å². The number of carbonyl (C=O) groups excluding carboxylic acids is 5. The number of amides is 2. The first-order valence-corrected chi connectivity index (χ1v) is 24.1. The van der Waals surface area contributed by atoms with Crippen LogP contribution in [-0.2, 0) is 51.2 Å². The first kappa shape index (κ1) is 57.8.